The molecule has 146 valence electrons. The number of cyclic esters (lactones) is 1. The molecule has 2 aliphatic carbocycles. The van der Waals surface area contributed by atoms with Crippen molar-refractivity contribution in [2.45, 2.75) is 58.2 Å². The fourth-order valence-corrected chi connectivity index (χ4v) is 5.40. The summed E-state index contributed by atoms with van der Waals surface area (Å²) in [4.78, 5) is 12.5. The van der Waals surface area contributed by atoms with Gasteiger partial charge in [-0.1, -0.05) is 68.2 Å². The molecule has 5 rings (SSSR count). The maximum absolute atomic E-state index is 12.5. The largest absolute Gasteiger partial charge is 0.454 e. The van der Waals surface area contributed by atoms with Crippen molar-refractivity contribution in [3.8, 4) is 5.75 Å². The molecule has 2 aromatic rings. The van der Waals surface area contributed by atoms with E-state index in [4.69, 9.17) is 9.47 Å². The van der Waals surface area contributed by atoms with Crippen molar-refractivity contribution in [2.75, 3.05) is 0 Å². The smallest absolute Gasteiger partial charge is 0.312 e. The summed E-state index contributed by atoms with van der Waals surface area (Å²) in [7, 11) is 0. The van der Waals surface area contributed by atoms with E-state index in [1.807, 2.05) is 24.3 Å². The molecular weight excluding hydrogens is 348 g/mol. The number of esters is 1. The van der Waals surface area contributed by atoms with Crippen LogP contribution in [0.4, 0.5) is 0 Å². The zero-order valence-corrected chi connectivity index (χ0v) is 16.5. The van der Waals surface area contributed by atoms with E-state index in [2.05, 4.69) is 31.2 Å². The first-order valence-corrected chi connectivity index (χ1v) is 10.7. The lowest BCUT2D eigenvalue weighted by atomic mass is 9.65. The number of hydrogen-bond acceptors (Lipinski definition) is 3. The van der Waals surface area contributed by atoms with Crippen LogP contribution in [0.5, 0.6) is 5.75 Å². The van der Waals surface area contributed by atoms with Crippen LogP contribution in [0.15, 0.2) is 54.1 Å². The number of hydrogen-bond donors (Lipinski definition) is 0. The first-order chi connectivity index (χ1) is 13.6. The molecule has 0 spiro atoms. The Kier molecular flexibility index (Phi) is 4.41. The highest BCUT2D eigenvalue weighted by Crippen LogP contribution is 2.50. The van der Waals surface area contributed by atoms with Gasteiger partial charge in [-0.3, -0.25) is 4.79 Å². The van der Waals surface area contributed by atoms with Gasteiger partial charge in [-0.05, 0) is 54.0 Å². The van der Waals surface area contributed by atoms with Crippen molar-refractivity contribution in [3.05, 3.63) is 54.1 Å². The zero-order chi connectivity index (χ0) is 19.1. The molecule has 3 heteroatoms. The normalized spacial score (nSPS) is 29.1. The van der Waals surface area contributed by atoms with Crippen LogP contribution in [0.3, 0.4) is 0 Å². The Bertz CT molecular complexity index is 922. The molecule has 3 atom stereocenters. The molecule has 0 bridgehead atoms. The summed E-state index contributed by atoms with van der Waals surface area (Å²) in [5, 5.41) is 2.32. The van der Waals surface area contributed by atoms with Crippen molar-refractivity contribution in [3.63, 3.8) is 0 Å². The molecule has 0 N–H and O–H groups in total. The number of fused-ring (bicyclic) bond motifs is 2. The third-order valence-electron chi connectivity index (χ3n) is 7.18. The molecule has 1 saturated carbocycles. The fourth-order valence-electron chi connectivity index (χ4n) is 5.40. The molecule has 2 fully saturated rings. The van der Waals surface area contributed by atoms with Gasteiger partial charge in [0.15, 0.2) is 0 Å². The van der Waals surface area contributed by atoms with Crippen LogP contribution < -0.4 is 4.74 Å². The molecule has 28 heavy (non-hydrogen) atoms. The maximum atomic E-state index is 12.5. The topological polar surface area (TPSA) is 35.5 Å². The highest BCUT2D eigenvalue weighted by atomic mass is 16.7. The van der Waals surface area contributed by atoms with Crippen LogP contribution in [-0.2, 0) is 9.53 Å². The van der Waals surface area contributed by atoms with Crippen molar-refractivity contribution in [2.24, 2.45) is 17.3 Å². The molecule has 2 aromatic carbocycles. The average molecular weight is 376 g/mol. The Morgan fingerprint density at radius 1 is 1.04 bits per heavy atom. The first kappa shape index (κ1) is 17.8. The van der Waals surface area contributed by atoms with Gasteiger partial charge in [0.25, 0.3) is 0 Å². The summed E-state index contributed by atoms with van der Waals surface area (Å²) < 4.78 is 11.9. The van der Waals surface area contributed by atoms with E-state index < -0.39 is 6.29 Å². The summed E-state index contributed by atoms with van der Waals surface area (Å²) in [6, 6.07) is 14.3. The molecule has 0 amide bonds. The molecular formula is C25H28O3. The lowest BCUT2D eigenvalue weighted by molar-refractivity contribution is -0.153. The van der Waals surface area contributed by atoms with Gasteiger partial charge in [0.05, 0.1) is 11.8 Å². The van der Waals surface area contributed by atoms with Gasteiger partial charge in [0.2, 0.25) is 6.29 Å². The number of carbonyl (C=O) groups is 1. The Morgan fingerprint density at radius 2 is 1.82 bits per heavy atom. The fraction of sp³-hybridized carbons (Fsp3) is 0.480. The second-order valence-corrected chi connectivity index (χ2v) is 8.99. The summed E-state index contributed by atoms with van der Waals surface area (Å²) in [6.07, 6.45) is 10.1. The van der Waals surface area contributed by atoms with E-state index in [0.717, 1.165) is 24.0 Å². The van der Waals surface area contributed by atoms with Crippen LogP contribution in [0, 0.1) is 17.3 Å². The standard InChI is InChI=1S/C25H28O3/c1-25(13-5-2-6-14-25)19-10-12-21-22(16-19)24(28-23(21)26)27-20-11-9-17-7-3-4-8-18(17)15-20/h3-4,7-11,15,21-22,24H,2,5-6,12-14,16H2,1H3/t21-,22+,24+/m0/s1. The third kappa shape index (κ3) is 3.11. The van der Waals surface area contributed by atoms with E-state index in [0.29, 0.717) is 5.41 Å². The second-order valence-electron chi connectivity index (χ2n) is 8.99. The molecule has 1 heterocycles. The minimum atomic E-state index is -0.477. The first-order valence-electron chi connectivity index (χ1n) is 10.7. The molecule has 1 aliphatic heterocycles. The minimum absolute atomic E-state index is 0.0543. The van der Waals surface area contributed by atoms with Crippen LogP contribution in [-0.4, -0.2) is 12.3 Å². The predicted octanol–water partition coefficient (Wildman–Crippen LogP) is 6.02. The van der Waals surface area contributed by atoms with Crippen molar-refractivity contribution in [1.82, 2.24) is 0 Å². The highest BCUT2D eigenvalue weighted by molar-refractivity contribution is 5.83. The summed E-state index contributed by atoms with van der Waals surface area (Å²) >= 11 is 0. The van der Waals surface area contributed by atoms with Crippen molar-refractivity contribution < 1.29 is 14.3 Å². The minimum Gasteiger partial charge on any atom is -0.454 e. The third-order valence-corrected chi connectivity index (χ3v) is 7.18. The van der Waals surface area contributed by atoms with Gasteiger partial charge in [-0.25, -0.2) is 0 Å². The van der Waals surface area contributed by atoms with E-state index >= 15 is 0 Å². The van der Waals surface area contributed by atoms with Crippen LogP contribution >= 0.6 is 0 Å². The Hall–Kier alpha value is -2.29. The summed E-state index contributed by atoms with van der Waals surface area (Å²) in [5.41, 5.74) is 1.82. The van der Waals surface area contributed by atoms with Crippen LogP contribution in [0.25, 0.3) is 10.8 Å². The zero-order valence-electron chi connectivity index (χ0n) is 16.5. The number of allylic oxidation sites excluding steroid dienone is 2. The maximum Gasteiger partial charge on any atom is 0.312 e. The SMILES string of the molecule is CC1(C2=CC[C@@H]3C(=O)O[C@@H](Oc4ccc5ccccc5c4)[C@@H]3C2)CCCCC1. The molecule has 3 nitrogen and oxygen atoms in total. The van der Waals surface area contributed by atoms with Crippen LogP contribution in [0.1, 0.15) is 51.9 Å². The van der Waals surface area contributed by atoms with Gasteiger partial charge in [0.1, 0.15) is 5.75 Å². The van der Waals surface area contributed by atoms with E-state index in [1.54, 1.807) is 0 Å². The number of ether oxygens (including phenoxy) is 2. The van der Waals surface area contributed by atoms with Gasteiger partial charge in [-0.2, -0.15) is 0 Å². The number of rotatable bonds is 3. The van der Waals surface area contributed by atoms with E-state index in [9.17, 15) is 4.79 Å². The quantitative estimate of drug-likeness (QED) is 0.485. The summed E-state index contributed by atoms with van der Waals surface area (Å²) in [5.74, 6) is 0.746. The Balaban J connectivity index is 1.37. The number of benzene rings is 2. The Morgan fingerprint density at radius 3 is 2.64 bits per heavy atom. The van der Waals surface area contributed by atoms with Gasteiger partial charge in [-0.15, -0.1) is 0 Å². The van der Waals surface area contributed by atoms with E-state index in [-0.39, 0.29) is 17.8 Å². The van der Waals surface area contributed by atoms with Gasteiger partial charge < -0.3 is 9.47 Å². The monoisotopic (exact) mass is 376 g/mol. The Labute approximate surface area is 166 Å². The van der Waals surface area contributed by atoms with Crippen LogP contribution in [0.2, 0.25) is 0 Å². The number of carbonyl (C=O) groups excluding carboxylic acids is 1. The predicted molar refractivity (Wildman–Crippen MR) is 110 cm³/mol. The second kappa shape index (κ2) is 6.95. The molecule has 3 aliphatic rings. The highest BCUT2D eigenvalue weighted by Gasteiger charge is 2.49. The molecule has 0 unspecified atom stereocenters. The molecule has 0 aromatic heterocycles. The van der Waals surface area contributed by atoms with Gasteiger partial charge in [0, 0.05) is 0 Å². The lowest BCUT2D eigenvalue weighted by Crippen LogP contribution is -2.33. The van der Waals surface area contributed by atoms with Crippen molar-refractivity contribution in [1.29, 1.82) is 0 Å². The van der Waals surface area contributed by atoms with Crippen molar-refractivity contribution >= 4 is 16.7 Å². The lowest BCUT2D eigenvalue weighted by Gasteiger charge is -2.40. The molecule has 0 radical (unpaired) electrons. The van der Waals surface area contributed by atoms with E-state index in [1.165, 1.54) is 43.1 Å². The average Bonchev–Trinajstić information content (AvgIpc) is 3.03. The van der Waals surface area contributed by atoms with Gasteiger partial charge >= 0.3 is 5.97 Å². The summed E-state index contributed by atoms with van der Waals surface area (Å²) in [6.45, 7) is 2.41. The molecule has 1 saturated heterocycles.